The highest BCUT2D eigenvalue weighted by molar-refractivity contribution is 7.14. The Morgan fingerprint density at radius 3 is 1.95 bits per heavy atom. The maximum atomic E-state index is 13.6. The smallest absolute Gasteiger partial charge is 0.416 e. The molecule has 0 radical (unpaired) electrons. The molecule has 0 spiro atoms. The van der Waals surface area contributed by atoms with Crippen molar-refractivity contribution in [2.75, 3.05) is 62.8 Å². The fourth-order valence-corrected chi connectivity index (χ4v) is 11.4. The molecule has 0 atom stereocenters. The van der Waals surface area contributed by atoms with Gasteiger partial charge in [0.05, 0.1) is 50.9 Å². The van der Waals surface area contributed by atoms with Crippen molar-refractivity contribution in [2.45, 2.75) is 155 Å². The molecule has 404 valence electrons. The van der Waals surface area contributed by atoms with Gasteiger partial charge in [-0.05, 0) is 142 Å². The summed E-state index contributed by atoms with van der Waals surface area (Å²) < 4.78 is 30.0. The average Bonchev–Trinajstić information content (AvgIpc) is 4.10. The minimum absolute atomic E-state index is 0.118. The Labute approximate surface area is 455 Å². The summed E-state index contributed by atoms with van der Waals surface area (Å²) in [5.41, 5.74) is 7.61. The fraction of sp³-hybridized carbons (Fsp3) is 0.648. The Morgan fingerprint density at radius 1 is 0.824 bits per heavy atom. The molecule has 20 heteroatoms. The van der Waals surface area contributed by atoms with E-state index < -0.39 is 23.1 Å². The van der Waals surface area contributed by atoms with Gasteiger partial charge in [-0.1, -0.05) is 37.0 Å². The number of pyridine rings is 2. The van der Waals surface area contributed by atoms with Crippen molar-refractivity contribution in [1.82, 2.24) is 30.6 Å². The van der Waals surface area contributed by atoms with E-state index in [4.69, 9.17) is 48.1 Å². The van der Waals surface area contributed by atoms with Crippen LogP contribution >= 0.6 is 45.9 Å². The summed E-state index contributed by atoms with van der Waals surface area (Å²) in [6.07, 6.45) is 18.3. The van der Waals surface area contributed by atoms with E-state index in [9.17, 15) is 19.7 Å². The van der Waals surface area contributed by atoms with Crippen LogP contribution < -0.4 is 26.6 Å². The number of carbonyl (C=O) groups excluding carboxylic acids is 1. The van der Waals surface area contributed by atoms with Crippen molar-refractivity contribution in [2.24, 2.45) is 22.5 Å². The summed E-state index contributed by atoms with van der Waals surface area (Å²) in [6, 6.07) is 10.1. The molecule has 2 saturated carbocycles. The maximum absolute atomic E-state index is 13.6. The van der Waals surface area contributed by atoms with Gasteiger partial charge < -0.3 is 35.9 Å². The van der Waals surface area contributed by atoms with E-state index in [-0.39, 0.29) is 17.0 Å². The molecule has 1 amide bonds. The summed E-state index contributed by atoms with van der Waals surface area (Å²) in [5, 5.41) is 35.8. The second kappa shape index (κ2) is 28.9. The summed E-state index contributed by atoms with van der Waals surface area (Å²) in [6.45, 7) is 14.9. The van der Waals surface area contributed by atoms with Crippen molar-refractivity contribution in [3.05, 3.63) is 57.0 Å². The van der Waals surface area contributed by atoms with Gasteiger partial charge in [0.1, 0.15) is 5.60 Å². The van der Waals surface area contributed by atoms with E-state index in [1.54, 1.807) is 43.7 Å². The number of aromatic nitrogens is 4. The van der Waals surface area contributed by atoms with E-state index in [1.165, 1.54) is 99.3 Å². The highest BCUT2D eigenvalue weighted by atomic mass is 35.5. The Bertz CT molecular complexity index is 2450. The van der Waals surface area contributed by atoms with Crippen LogP contribution in [0.25, 0.3) is 22.5 Å². The number of nitrogens with two attached hydrogens (primary N) is 1. The van der Waals surface area contributed by atoms with Gasteiger partial charge in [0.15, 0.2) is 10.3 Å². The van der Waals surface area contributed by atoms with E-state index in [0.29, 0.717) is 85.2 Å². The van der Waals surface area contributed by atoms with Gasteiger partial charge >= 0.3 is 6.09 Å². The molecule has 4 aliphatic rings. The molecule has 4 fully saturated rings. The quantitative estimate of drug-likeness (QED) is 0.0770. The van der Waals surface area contributed by atoms with E-state index in [1.807, 2.05) is 5.38 Å². The molecule has 5 N–H and O–H groups in total. The normalized spacial score (nSPS) is 21.3. The predicted octanol–water partition coefficient (Wildman–Crippen LogP) is 12.0. The number of halogens is 3. The van der Waals surface area contributed by atoms with E-state index in [2.05, 4.69) is 63.0 Å². The molecule has 2 aliphatic carbocycles. The lowest BCUT2D eigenvalue weighted by Crippen LogP contribution is -2.45. The molecule has 6 heterocycles. The first kappa shape index (κ1) is 59.2. The topological polar surface area (TPSA) is 209 Å². The van der Waals surface area contributed by atoms with Crippen molar-refractivity contribution in [1.29, 1.82) is 10.5 Å². The van der Waals surface area contributed by atoms with Gasteiger partial charge in [-0.2, -0.15) is 14.9 Å². The predicted molar refractivity (Wildman–Crippen MR) is 295 cm³/mol. The zero-order valence-corrected chi connectivity index (χ0v) is 47.0. The van der Waals surface area contributed by atoms with Crippen molar-refractivity contribution < 1.29 is 23.4 Å². The van der Waals surface area contributed by atoms with Crippen LogP contribution in [-0.2, 0) is 20.6 Å². The number of nitrogens with zero attached hydrogens (tertiary/aromatic N) is 7. The largest absolute Gasteiger partial charge is 0.443 e. The number of hydrogen-bond donors (Lipinski definition) is 4. The van der Waals surface area contributed by atoms with Gasteiger partial charge in [0.25, 0.3) is 0 Å². The van der Waals surface area contributed by atoms with E-state index >= 15 is 0 Å². The lowest BCUT2D eigenvalue weighted by Gasteiger charge is -2.35. The first-order valence-corrected chi connectivity index (χ1v) is 28.9. The van der Waals surface area contributed by atoms with Crippen molar-refractivity contribution in [3.8, 4) is 34.7 Å². The molecule has 0 unspecified atom stereocenters. The number of carbonyl (C=O) groups is 1. The monoisotopic (exact) mass is 1100 g/mol. The van der Waals surface area contributed by atoms with Crippen LogP contribution in [0.5, 0.6) is 0 Å². The molecule has 4 aromatic rings. The van der Waals surface area contributed by atoms with Crippen LogP contribution in [0.4, 0.5) is 19.4 Å². The lowest BCUT2D eigenvalue weighted by atomic mass is 9.81. The summed E-state index contributed by atoms with van der Waals surface area (Å²) in [4.78, 5) is 31.8. The average molecular weight is 1100 g/mol. The second-order valence-corrected chi connectivity index (χ2v) is 23.6. The number of thiazole rings is 2. The molecular weight excluding hydrogens is 1020 g/mol. The highest BCUT2D eigenvalue weighted by Gasteiger charge is 2.39. The van der Waals surface area contributed by atoms with Gasteiger partial charge in [0.2, 0.25) is 5.95 Å². The van der Waals surface area contributed by atoms with Crippen LogP contribution in [0.1, 0.15) is 130 Å². The fourth-order valence-electron chi connectivity index (χ4n) is 9.51. The molecular formula is C54H76Cl2FN11O4S2. The van der Waals surface area contributed by atoms with Gasteiger partial charge in [-0.3, -0.25) is 9.88 Å². The lowest BCUT2D eigenvalue weighted by molar-refractivity contribution is 0.0366. The van der Waals surface area contributed by atoms with Gasteiger partial charge in [0, 0.05) is 97.1 Å². The molecule has 0 bridgehead atoms. The molecule has 4 aromatic heterocycles. The maximum Gasteiger partial charge on any atom is 0.416 e. The summed E-state index contributed by atoms with van der Waals surface area (Å²) >= 11 is 15.4. The molecule has 8 rings (SSSR count). The number of nitriles is 2. The first-order chi connectivity index (χ1) is 35.6. The third-order valence-electron chi connectivity index (χ3n) is 14.0. The SMILES string of the molecule is CC(C)(C)OC(=O)N(CC1(C#N)CCOCC1)c1nc(-c2cc(F)ncc2Cl)cs1.CCCNC1CCC(Cc2cc(-c3csc(NCC4(C#N)CCOCC4)n3)c(Cl)cn2)CC1.CCCNC1CCC(N)CC1. The van der Waals surface area contributed by atoms with Gasteiger partial charge in [-0.25, -0.2) is 19.7 Å². The molecule has 74 heavy (non-hydrogen) atoms. The molecule has 15 nitrogen and oxygen atoms in total. The Kier molecular flexibility index (Phi) is 23.1. The number of anilines is 2. The zero-order valence-electron chi connectivity index (χ0n) is 43.8. The van der Waals surface area contributed by atoms with Crippen LogP contribution in [0.15, 0.2) is 35.3 Å². The third kappa shape index (κ3) is 18.0. The molecule has 0 aromatic carbocycles. The first-order valence-electron chi connectivity index (χ1n) is 26.4. The van der Waals surface area contributed by atoms with Crippen LogP contribution in [0.2, 0.25) is 10.0 Å². The summed E-state index contributed by atoms with van der Waals surface area (Å²) in [5.74, 6) is -0.000838. The number of rotatable bonds is 16. The molecule has 2 saturated heterocycles. The Morgan fingerprint density at radius 2 is 1.36 bits per heavy atom. The van der Waals surface area contributed by atoms with E-state index in [0.717, 1.165) is 53.9 Å². The Balaban J connectivity index is 0.000000201. The number of ether oxygens (including phenoxy) is 3. The second-order valence-electron chi connectivity index (χ2n) is 21.1. The van der Waals surface area contributed by atoms with Crippen molar-refractivity contribution in [3.63, 3.8) is 0 Å². The van der Waals surface area contributed by atoms with Crippen molar-refractivity contribution >= 4 is 62.2 Å². The van der Waals surface area contributed by atoms with Crippen LogP contribution in [0, 0.1) is 45.4 Å². The third-order valence-corrected chi connectivity index (χ3v) is 16.3. The standard InChI is InChI=1S/C25H34ClN5OS.C20H22ClFN4O3S.C9H20N2/c1-2-9-28-19-5-3-18(4-6-19)12-20-13-21(22(26)14-29-20)23-15-33-24(31-23)30-17-25(16-27)7-10-32-11-8-25;1-19(2,3)29-18(27)26(12-20(11-23)4-6-28-7-5-20)17-25-15(10-30-17)13-8-16(22)24-9-14(13)21;1-2-7-11-9-5-3-8(10)4-6-9/h13-15,18-19,28H,2-12,17H2,1H3,(H,30,31);8-10H,4-7,12H2,1-3H3;8-9,11H,2-7,10H2,1H3. The minimum Gasteiger partial charge on any atom is -0.443 e. The number of amides is 1. The number of nitrogens with one attached hydrogen (secondary N) is 3. The van der Waals surface area contributed by atoms with Gasteiger partial charge in [-0.15, -0.1) is 22.7 Å². The van der Waals surface area contributed by atoms with Crippen LogP contribution in [-0.4, -0.2) is 102 Å². The Hall–Kier alpha value is -4.08. The minimum atomic E-state index is -0.762. The number of hydrogen-bond acceptors (Lipinski definition) is 16. The van der Waals surface area contributed by atoms with Crippen LogP contribution in [0.3, 0.4) is 0 Å². The zero-order chi connectivity index (χ0) is 53.1. The highest BCUT2D eigenvalue weighted by Crippen LogP contribution is 2.38. The summed E-state index contributed by atoms with van der Waals surface area (Å²) in [7, 11) is 0. The molecule has 2 aliphatic heterocycles.